The zero-order chi connectivity index (χ0) is 15.0. The molecule has 20 heavy (non-hydrogen) atoms. The van der Waals surface area contributed by atoms with Crippen molar-refractivity contribution in [1.82, 2.24) is 5.06 Å². The average molecular weight is 284 g/mol. The molecule has 0 aromatic rings. The van der Waals surface area contributed by atoms with E-state index in [1.807, 2.05) is 0 Å². The van der Waals surface area contributed by atoms with E-state index in [0.717, 1.165) is 12.8 Å². The fourth-order valence-electron chi connectivity index (χ4n) is 1.75. The highest BCUT2D eigenvalue weighted by Gasteiger charge is 2.29. The molecule has 1 heterocycles. The van der Waals surface area contributed by atoms with Crippen molar-refractivity contribution in [2.24, 2.45) is 16.5 Å². The molecular formula is C12H20N4O4. The number of rotatable bonds is 7. The van der Waals surface area contributed by atoms with Crippen molar-refractivity contribution in [2.75, 3.05) is 6.54 Å². The second kappa shape index (κ2) is 8.13. The van der Waals surface area contributed by atoms with Gasteiger partial charge in [-0.3, -0.25) is 14.6 Å². The Morgan fingerprint density at radius 1 is 1.15 bits per heavy atom. The van der Waals surface area contributed by atoms with Crippen molar-refractivity contribution in [3.63, 3.8) is 0 Å². The van der Waals surface area contributed by atoms with Crippen molar-refractivity contribution in [2.45, 2.75) is 44.9 Å². The number of amides is 2. The van der Waals surface area contributed by atoms with Crippen LogP contribution in [0.25, 0.3) is 0 Å². The summed E-state index contributed by atoms with van der Waals surface area (Å²) in [5.74, 6) is -1.44. The van der Waals surface area contributed by atoms with E-state index in [4.69, 9.17) is 16.3 Å². The molecule has 0 spiro atoms. The van der Waals surface area contributed by atoms with E-state index in [1.54, 1.807) is 0 Å². The van der Waals surface area contributed by atoms with Crippen LogP contribution in [0.4, 0.5) is 0 Å². The summed E-state index contributed by atoms with van der Waals surface area (Å²) in [6.45, 7) is 0.514. The number of unbranched alkanes of at least 4 members (excludes halogenated alkanes) is 2. The largest absolute Gasteiger partial charge is 0.370 e. The van der Waals surface area contributed by atoms with E-state index < -0.39 is 17.8 Å². The third kappa shape index (κ3) is 5.68. The summed E-state index contributed by atoms with van der Waals surface area (Å²) < 4.78 is 0. The van der Waals surface area contributed by atoms with E-state index in [9.17, 15) is 14.4 Å². The molecule has 0 unspecified atom stereocenters. The van der Waals surface area contributed by atoms with Gasteiger partial charge in [0.1, 0.15) is 0 Å². The molecule has 0 atom stereocenters. The predicted molar refractivity (Wildman–Crippen MR) is 70.9 cm³/mol. The molecule has 8 nitrogen and oxygen atoms in total. The molecule has 8 heteroatoms. The number of hydroxylamine groups is 2. The number of piperidine rings is 1. The average Bonchev–Trinajstić information content (AvgIpc) is 2.38. The van der Waals surface area contributed by atoms with E-state index >= 15 is 0 Å². The number of nitrogens with two attached hydrogens (primary N) is 2. The Hall–Kier alpha value is -2.12. The van der Waals surface area contributed by atoms with Crippen LogP contribution in [0.2, 0.25) is 0 Å². The summed E-state index contributed by atoms with van der Waals surface area (Å²) in [5.41, 5.74) is 10.3. The topological polar surface area (TPSA) is 128 Å². The Bertz CT molecular complexity index is 388. The lowest BCUT2D eigenvalue weighted by Crippen LogP contribution is -2.41. The number of nitrogens with zero attached hydrogens (tertiary/aromatic N) is 2. The Morgan fingerprint density at radius 3 is 2.40 bits per heavy atom. The van der Waals surface area contributed by atoms with Gasteiger partial charge in [-0.2, -0.15) is 0 Å². The summed E-state index contributed by atoms with van der Waals surface area (Å²) >= 11 is 0. The van der Waals surface area contributed by atoms with Crippen molar-refractivity contribution in [1.29, 1.82) is 0 Å². The van der Waals surface area contributed by atoms with Crippen LogP contribution in [0, 0.1) is 0 Å². The molecule has 0 aliphatic carbocycles. The lowest BCUT2D eigenvalue weighted by molar-refractivity contribution is -0.205. The first kappa shape index (κ1) is 15.9. The third-order valence-corrected chi connectivity index (χ3v) is 2.76. The van der Waals surface area contributed by atoms with Gasteiger partial charge in [0.05, 0.1) is 0 Å². The van der Waals surface area contributed by atoms with E-state index in [2.05, 4.69) is 4.99 Å². The lowest BCUT2D eigenvalue weighted by atomic mass is 10.1. The number of carbonyl (C=O) groups is 3. The molecule has 1 aliphatic heterocycles. The molecule has 0 saturated carbocycles. The minimum atomic E-state index is -0.574. The molecule has 0 aromatic heterocycles. The normalized spacial score (nSPS) is 15.1. The van der Waals surface area contributed by atoms with Gasteiger partial charge in [0.25, 0.3) is 11.8 Å². The predicted octanol–water partition coefficient (Wildman–Crippen LogP) is -0.183. The molecule has 0 radical (unpaired) electrons. The van der Waals surface area contributed by atoms with Gasteiger partial charge < -0.3 is 16.3 Å². The molecule has 4 N–H and O–H groups in total. The summed E-state index contributed by atoms with van der Waals surface area (Å²) in [4.78, 5) is 42.9. The van der Waals surface area contributed by atoms with Crippen LogP contribution in [-0.4, -0.2) is 35.4 Å². The van der Waals surface area contributed by atoms with E-state index in [-0.39, 0.29) is 25.2 Å². The third-order valence-electron chi connectivity index (χ3n) is 2.76. The van der Waals surface area contributed by atoms with Gasteiger partial charge in [-0.25, -0.2) is 4.79 Å². The number of guanidine groups is 1. The number of aliphatic imine (C=N–C) groups is 1. The van der Waals surface area contributed by atoms with Crippen LogP contribution >= 0.6 is 0 Å². The first-order valence-corrected chi connectivity index (χ1v) is 6.62. The van der Waals surface area contributed by atoms with Crippen LogP contribution < -0.4 is 11.5 Å². The zero-order valence-corrected chi connectivity index (χ0v) is 11.3. The van der Waals surface area contributed by atoms with Gasteiger partial charge in [0, 0.05) is 25.8 Å². The van der Waals surface area contributed by atoms with Crippen LogP contribution in [-0.2, 0) is 19.2 Å². The standard InChI is InChI=1S/C12H20N4O4/c13-12(14)15-8-3-1-2-7-11(19)20-16-9(17)5-4-6-10(16)18/h1-8H2,(H4,13,14,15). The highest BCUT2D eigenvalue weighted by molar-refractivity contribution is 5.97. The quantitative estimate of drug-likeness (QED) is 0.289. The number of carbonyl (C=O) groups excluding carboxylic acids is 3. The summed E-state index contributed by atoms with van der Waals surface area (Å²) in [7, 11) is 0. The van der Waals surface area contributed by atoms with Gasteiger partial charge in [-0.1, -0.05) is 6.42 Å². The molecule has 1 fully saturated rings. The van der Waals surface area contributed by atoms with Crippen molar-refractivity contribution in [3.05, 3.63) is 0 Å². The van der Waals surface area contributed by atoms with Crippen molar-refractivity contribution < 1.29 is 19.2 Å². The van der Waals surface area contributed by atoms with Crippen LogP contribution in [0.5, 0.6) is 0 Å². The highest BCUT2D eigenvalue weighted by atomic mass is 16.7. The first-order valence-electron chi connectivity index (χ1n) is 6.62. The number of imide groups is 1. The molecule has 112 valence electrons. The van der Waals surface area contributed by atoms with Crippen molar-refractivity contribution in [3.8, 4) is 0 Å². The highest BCUT2D eigenvalue weighted by Crippen LogP contribution is 2.13. The summed E-state index contributed by atoms with van der Waals surface area (Å²) in [6, 6.07) is 0. The molecule has 1 saturated heterocycles. The molecule has 0 bridgehead atoms. The Labute approximate surface area is 117 Å². The second-order valence-corrected chi connectivity index (χ2v) is 4.52. The molecule has 0 aromatic carbocycles. The minimum Gasteiger partial charge on any atom is -0.370 e. The maximum atomic E-state index is 11.5. The fraction of sp³-hybridized carbons (Fsp3) is 0.667. The maximum Gasteiger partial charge on any atom is 0.333 e. The minimum absolute atomic E-state index is 0.0477. The Kier molecular flexibility index (Phi) is 6.48. The maximum absolute atomic E-state index is 11.5. The van der Waals surface area contributed by atoms with Crippen LogP contribution in [0.1, 0.15) is 44.9 Å². The summed E-state index contributed by atoms with van der Waals surface area (Å²) in [6.07, 6.45) is 3.24. The monoisotopic (exact) mass is 284 g/mol. The van der Waals surface area contributed by atoms with Gasteiger partial charge in [-0.15, -0.1) is 5.06 Å². The zero-order valence-electron chi connectivity index (χ0n) is 11.3. The SMILES string of the molecule is NC(N)=NCCCCCC(=O)ON1C(=O)CCCC1=O. The van der Waals surface area contributed by atoms with Crippen LogP contribution in [0.15, 0.2) is 4.99 Å². The number of hydrogen-bond acceptors (Lipinski definition) is 5. The number of hydrogen-bond donors (Lipinski definition) is 2. The smallest absolute Gasteiger partial charge is 0.333 e. The molecule has 1 aliphatic rings. The lowest BCUT2D eigenvalue weighted by Gasteiger charge is -2.22. The van der Waals surface area contributed by atoms with Crippen LogP contribution in [0.3, 0.4) is 0 Å². The first-order chi connectivity index (χ1) is 9.50. The van der Waals surface area contributed by atoms with Gasteiger partial charge in [0.2, 0.25) is 0 Å². The van der Waals surface area contributed by atoms with Gasteiger partial charge in [0.15, 0.2) is 5.96 Å². The molecule has 2 amide bonds. The molecular weight excluding hydrogens is 264 g/mol. The fourth-order valence-corrected chi connectivity index (χ4v) is 1.75. The van der Waals surface area contributed by atoms with E-state index in [0.29, 0.717) is 24.4 Å². The van der Waals surface area contributed by atoms with Crippen molar-refractivity contribution >= 4 is 23.7 Å². The van der Waals surface area contributed by atoms with E-state index in [1.165, 1.54) is 0 Å². The Morgan fingerprint density at radius 2 is 1.80 bits per heavy atom. The second-order valence-electron chi connectivity index (χ2n) is 4.52. The Balaban J connectivity index is 2.18. The van der Waals surface area contributed by atoms with Gasteiger partial charge in [-0.05, 0) is 19.3 Å². The van der Waals surface area contributed by atoms with Gasteiger partial charge >= 0.3 is 5.97 Å². The summed E-state index contributed by atoms with van der Waals surface area (Å²) in [5, 5.41) is 0.589. The molecule has 1 rings (SSSR count).